The smallest absolute Gasteiger partial charge is 0.226 e. The van der Waals surface area contributed by atoms with Crippen molar-refractivity contribution in [3.63, 3.8) is 0 Å². The van der Waals surface area contributed by atoms with E-state index in [0.717, 1.165) is 33.4 Å². The van der Waals surface area contributed by atoms with Gasteiger partial charge in [-0.2, -0.15) is 0 Å². The molecule has 5 heteroatoms. The van der Waals surface area contributed by atoms with Crippen LogP contribution in [0.5, 0.6) is 0 Å². The van der Waals surface area contributed by atoms with Crippen LogP contribution in [-0.2, 0) is 11.2 Å². The number of fused-ring (bicyclic) bond motifs is 1. The SMILES string of the molecule is Cc1cc(-c2cnc[nH]2)nc2cc(CC(=O)N(C)C)ccc12. The number of nitrogens with zero attached hydrogens (tertiary/aromatic N) is 3. The first kappa shape index (κ1) is 14.3. The van der Waals surface area contributed by atoms with E-state index in [9.17, 15) is 4.79 Å². The number of hydrogen-bond acceptors (Lipinski definition) is 3. The molecule has 2 heterocycles. The Bertz CT molecular complexity index is 822. The summed E-state index contributed by atoms with van der Waals surface area (Å²) in [6.45, 7) is 2.06. The maximum absolute atomic E-state index is 11.9. The minimum Gasteiger partial charge on any atom is -0.349 e. The summed E-state index contributed by atoms with van der Waals surface area (Å²) in [4.78, 5) is 25.3. The fourth-order valence-electron chi connectivity index (χ4n) is 2.42. The average Bonchev–Trinajstić information content (AvgIpc) is 3.00. The molecule has 0 fully saturated rings. The number of imidazole rings is 1. The van der Waals surface area contributed by atoms with Crippen molar-refractivity contribution in [3.8, 4) is 11.4 Å². The van der Waals surface area contributed by atoms with Crippen LogP contribution in [0.1, 0.15) is 11.1 Å². The maximum Gasteiger partial charge on any atom is 0.226 e. The van der Waals surface area contributed by atoms with Crippen LogP contribution in [0.3, 0.4) is 0 Å². The molecule has 3 aromatic rings. The lowest BCUT2D eigenvalue weighted by molar-refractivity contribution is -0.127. The molecule has 5 nitrogen and oxygen atoms in total. The number of aromatic amines is 1. The summed E-state index contributed by atoms with van der Waals surface area (Å²) in [7, 11) is 3.53. The molecule has 0 spiro atoms. The molecular formula is C17H18N4O. The molecule has 0 radical (unpaired) electrons. The quantitative estimate of drug-likeness (QED) is 0.807. The van der Waals surface area contributed by atoms with Crippen molar-refractivity contribution in [1.29, 1.82) is 0 Å². The third-order valence-corrected chi connectivity index (χ3v) is 3.71. The number of pyridine rings is 1. The minimum atomic E-state index is 0.0841. The van der Waals surface area contributed by atoms with Crippen molar-refractivity contribution in [3.05, 3.63) is 47.9 Å². The number of carbonyl (C=O) groups excluding carboxylic acids is 1. The summed E-state index contributed by atoms with van der Waals surface area (Å²) >= 11 is 0. The van der Waals surface area contributed by atoms with E-state index < -0.39 is 0 Å². The number of likely N-dealkylation sites (N-methyl/N-ethyl adjacent to an activating group) is 1. The van der Waals surface area contributed by atoms with E-state index in [-0.39, 0.29) is 5.91 Å². The van der Waals surface area contributed by atoms with Crippen LogP contribution in [0.4, 0.5) is 0 Å². The average molecular weight is 294 g/mol. The number of nitrogens with one attached hydrogen (secondary N) is 1. The molecule has 0 atom stereocenters. The van der Waals surface area contributed by atoms with Crippen molar-refractivity contribution in [1.82, 2.24) is 19.9 Å². The molecule has 2 aromatic heterocycles. The van der Waals surface area contributed by atoms with Gasteiger partial charge in [-0.3, -0.25) is 4.79 Å². The molecule has 1 N–H and O–H groups in total. The lowest BCUT2D eigenvalue weighted by Crippen LogP contribution is -2.23. The number of carbonyl (C=O) groups is 1. The van der Waals surface area contributed by atoms with Gasteiger partial charge in [-0.1, -0.05) is 12.1 Å². The highest BCUT2D eigenvalue weighted by Gasteiger charge is 2.09. The van der Waals surface area contributed by atoms with Gasteiger partial charge in [0.15, 0.2) is 0 Å². The van der Waals surface area contributed by atoms with Crippen molar-refractivity contribution in [2.75, 3.05) is 14.1 Å². The van der Waals surface area contributed by atoms with Crippen LogP contribution < -0.4 is 0 Å². The Morgan fingerprint density at radius 2 is 2.09 bits per heavy atom. The molecule has 3 rings (SSSR count). The lowest BCUT2D eigenvalue weighted by Gasteiger charge is -2.11. The van der Waals surface area contributed by atoms with Crippen LogP contribution in [0.2, 0.25) is 0 Å². The molecule has 1 amide bonds. The number of H-pyrrole nitrogens is 1. The molecule has 0 aliphatic carbocycles. The Labute approximate surface area is 129 Å². The Kier molecular flexibility index (Phi) is 3.63. The highest BCUT2D eigenvalue weighted by atomic mass is 16.2. The molecule has 0 saturated heterocycles. The van der Waals surface area contributed by atoms with Crippen molar-refractivity contribution >= 4 is 16.8 Å². The van der Waals surface area contributed by atoms with E-state index in [1.54, 1.807) is 31.5 Å². The second-order valence-corrected chi connectivity index (χ2v) is 5.61. The standard InChI is InChI=1S/C17H18N4O/c1-11-6-15(16-9-18-10-19-16)20-14-7-12(4-5-13(11)14)8-17(22)21(2)3/h4-7,9-10H,8H2,1-3H3,(H,18,19). The van der Waals surface area contributed by atoms with Crippen molar-refractivity contribution < 1.29 is 4.79 Å². The van der Waals surface area contributed by atoms with Crippen molar-refractivity contribution in [2.45, 2.75) is 13.3 Å². The third-order valence-electron chi connectivity index (χ3n) is 3.71. The van der Waals surface area contributed by atoms with Crippen LogP contribution >= 0.6 is 0 Å². The van der Waals surface area contributed by atoms with Gasteiger partial charge in [0.05, 0.1) is 35.8 Å². The first-order chi connectivity index (χ1) is 10.5. The number of rotatable bonds is 3. The molecule has 0 bridgehead atoms. The predicted molar refractivity (Wildman–Crippen MR) is 86.5 cm³/mol. The highest BCUT2D eigenvalue weighted by Crippen LogP contribution is 2.24. The Morgan fingerprint density at radius 1 is 1.27 bits per heavy atom. The maximum atomic E-state index is 11.9. The highest BCUT2D eigenvalue weighted by molar-refractivity contribution is 5.86. The van der Waals surface area contributed by atoms with Gasteiger partial charge >= 0.3 is 0 Å². The second kappa shape index (κ2) is 5.60. The van der Waals surface area contributed by atoms with Gasteiger partial charge in [0.2, 0.25) is 5.91 Å². The zero-order valence-electron chi connectivity index (χ0n) is 12.9. The molecule has 0 aliphatic rings. The number of aryl methyl sites for hydroxylation is 1. The number of amides is 1. The molecular weight excluding hydrogens is 276 g/mol. The van der Waals surface area contributed by atoms with Crippen molar-refractivity contribution in [2.24, 2.45) is 0 Å². The Hall–Kier alpha value is -2.69. The van der Waals surface area contributed by atoms with E-state index in [0.29, 0.717) is 6.42 Å². The van der Waals surface area contributed by atoms with E-state index in [4.69, 9.17) is 4.98 Å². The van der Waals surface area contributed by atoms with E-state index in [2.05, 4.69) is 16.9 Å². The summed E-state index contributed by atoms with van der Waals surface area (Å²) in [5.74, 6) is 0.0841. The Morgan fingerprint density at radius 3 is 2.77 bits per heavy atom. The van der Waals surface area contributed by atoms with E-state index in [1.165, 1.54) is 0 Å². The fraction of sp³-hybridized carbons (Fsp3) is 0.235. The number of hydrogen-bond donors (Lipinski definition) is 1. The van der Waals surface area contributed by atoms with Crippen LogP contribution in [0, 0.1) is 6.92 Å². The number of benzene rings is 1. The topological polar surface area (TPSA) is 61.9 Å². The summed E-state index contributed by atoms with van der Waals surface area (Å²) in [6, 6.07) is 8.06. The second-order valence-electron chi connectivity index (χ2n) is 5.61. The first-order valence-electron chi connectivity index (χ1n) is 7.14. The minimum absolute atomic E-state index is 0.0841. The summed E-state index contributed by atoms with van der Waals surface area (Å²) in [5, 5.41) is 1.10. The van der Waals surface area contributed by atoms with Gasteiger partial charge in [-0.25, -0.2) is 9.97 Å². The molecule has 0 saturated carbocycles. The monoisotopic (exact) mass is 294 g/mol. The largest absolute Gasteiger partial charge is 0.349 e. The summed E-state index contributed by atoms with van der Waals surface area (Å²) < 4.78 is 0. The van der Waals surface area contributed by atoms with Gasteiger partial charge in [-0.15, -0.1) is 0 Å². The molecule has 1 aromatic carbocycles. The fourth-order valence-corrected chi connectivity index (χ4v) is 2.42. The van der Waals surface area contributed by atoms with Crippen LogP contribution in [0.15, 0.2) is 36.8 Å². The molecule has 0 aliphatic heterocycles. The van der Waals surface area contributed by atoms with Gasteiger partial charge in [0, 0.05) is 19.5 Å². The summed E-state index contributed by atoms with van der Waals surface area (Å²) in [5.41, 5.74) is 4.77. The van der Waals surface area contributed by atoms with Gasteiger partial charge < -0.3 is 9.88 Å². The van der Waals surface area contributed by atoms with Crippen LogP contribution in [0.25, 0.3) is 22.3 Å². The zero-order valence-corrected chi connectivity index (χ0v) is 12.9. The zero-order chi connectivity index (χ0) is 15.7. The van der Waals surface area contributed by atoms with Gasteiger partial charge in [-0.05, 0) is 30.2 Å². The number of aromatic nitrogens is 3. The third kappa shape index (κ3) is 2.70. The van der Waals surface area contributed by atoms with E-state index in [1.807, 2.05) is 24.3 Å². The van der Waals surface area contributed by atoms with E-state index >= 15 is 0 Å². The Balaban J connectivity index is 2.04. The van der Waals surface area contributed by atoms with Crippen LogP contribution in [-0.4, -0.2) is 39.9 Å². The van der Waals surface area contributed by atoms with Gasteiger partial charge in [0.1, 0.15) is 0 Å². The predicted octanol–water partition coefficient (Wildman–Crippen LogP) is 2.56. The first-order valence-corrected chi connectivity index (χ1v) is 7.14. The lowest BCUT2D eigenvalue weighted by atomic mass is 10.0. The molecule has 0 unspecified atom stereocenters. The van der Waals surface area contributed by atoms with Gasteiger partial charge in [0.25, 0.3) is 0 Å². The molecule has 22 heavy (non-hydrogen) atoms. The normalized spacial score (nSPS) is 10.9. The summed E-state index contributed by atoms with van der Waals surface area (Å²) in [6.07, 6.45) is 3.79. The molecule has 112 valence electrons.